The van der Waals surface area contributed by atoms with Crippen LogP contribution in [-0.4, -0.2) is 33.5 Å². The second kappa shape index (κ2) is 9.21. The fourth-order valence-corrected chi connectivity index (χ4v) is 2.52. The molecule has 0 heterocycles. The molecule has 8 heteroatoms. The van der Waals surface area contributed by atoms with Gasteiger partial charge in [-0.15, -0.1) is 24.0 Å². The molecular formula is C13H23IN4O2S. The van der Waals surface area contributed by atoms with Crippen molar-refractivity contribution in [3.63, 3.8) is 0 Å². The number of hydrogen-bond donors (Lipinski definition) is 3. The lowest BCUT2D eigenvalue weighted by atomic mass is 10.2. The lowest BCUT2D eigenvalue weighted by Crippen LogP contribution is -2.37. The van der Waals surface area contributed by atoms with Gasteiger partial charge in [0.1, 0.15) is 0 Å². The molecule has 0 aliphatic heterocycles. The minimum Gasteiger partial charge on any atom is -0.370 e. The van der Waals surface area contributed by atoms with Crippen molar-refractivity contribution in [3.8, 4) is 0 Å². The summed E-state index contributed by atoms with van der Waals surface area (Å²) < 4.78 is 26.4. The molecule has 0 aliphatic rings. The van der Waals surface area contributed by atoms with Crippen LogP contribution in [0, 0.1) is 6.92 Å². The van der Waals surface area contributed by atoms with Gasteiger partial charge in [-0.1, -0.05) is 17.7 Å². The van der Waals surface area contributed by atoms with Crippen LogP contribution in [-0.2, 0) is 10.0 Å². The monoisotopic (exact) mass is 426 g/mol. The highest BCUT2D eigenvalue weighted by Gasteiger charge is 2.12. The Hall–Kier alpha value is -0.870. The number of nitrogens with zero attached hydrogens (tertiary/aromatic N) is 1. The van der Waals surface area contributed by atoms with Gasteiger partial charge in [0, 0.05) is 12.6 Å². The van der Waals surface area contributed by atoms with Crippen molar-refractivity contribution in [2.75, 3.05) is 13.1 Å². The first-order valence-electron chi connectivity index (χ1n) is 6.44. The zero-order valence-electron chi connectivity index (χ0n) is 12.5. The maximum atomic E-state index is 12.0. The van der Waals surface area contributed by atoms with Crippen molar-refractivity contribution < 1.29 is 8.42 Å². The number of nitrogens with one attached hydrogen (secondary N) is 2. The fraction of sp³-hybridized carbons (Fsp3) is 0.462. The topological polar surface area (TPSA) is 96.6 Å². The average Bonchev–Trinajstić information content (AvgIpc) is 2.34. The van der Waals surface area contributed by atoms with E-state index in [0.717, 1.165) is 5.56 Å². The molecule has 0 spiro atoms. The molecule has 0 aromatic heterocycles. The van der Waals surface area contributed by atoms with Crippen molar-refractivity contribution in [2.24, 2.45) is 10.7 Å². The van der Waals surface area contributed by atoms with E-state index in [1.165, 1.54) is 0 Å². The molecular weight excluding hydrogens is 403 g/mol. The number of aryl methyl sites for hydroxylation is 1. The van der Waals surface area contributed by atoms with E-state index in [4.69, 9.17) is 5.73 Å². The molecule has 0 unspecified atom stereocenters. The Morgan fingerprint density at radius 1 is 1.29 bits per heavy atom. The largest absolute Gasteiger partial charge is 0.370 e. The van der Waals surface area contributed by atoms with Crippen LogP contribution in [0.4, 0.5) is 0 Å². The van der Waals surface area contributed by atoms with Gasteiger partial charge in [-0.3, -0.25) is 4.99 Å². The molecule has 0 bridgehead atoms. The summed E-state index contributed by atoms with van der Waals surface area (Å²) in [5.74, 6) is 0.314. The maximum Gasteiger partial charge on any atom is 0.240 e. The summed E-state index contributed by atoms with van der Waals surface area (Å²) in [6.45, 7) is 6.29. The lowest BCUT2D eigenvalue weighted by molar-refractivity contribution is 0.582. The molecule has 0 aliphatic carbocycles. The average molecular weight is 426 g/mol. The number of halogens is 1. The van der Waals surface area contributed by atoms with E-state index >= 15 is 0 Å². The standard InChI is InChI=1S/C13H22N4O2S.HI/c1-10(2)17-13(14)15-8-9-16-20(18,19)12-6-4-11(3)5-7-12;/h4-7,10,16H,8-9H2,1-3H3,(H3,14,15,17);1H. The number of nitrogens with two attached hydrogens (primary N) is 1. The number of sulfonamides is 1. The van der Waals surface area contributed by atoms with E-state index < -0.39 is 10.0 Å². The molecule has 0 fully saturated rings. The summed E-state index contributed by atoms with van der Waals surface area (Å²) >= 11 is 0. The second-order valence-corrected chi connectivity index (χ2v) is 6.54. The van der Waals surface area contributed by atoms with Gasteiger partial charge < -0.3 is 11.1 Å². The van der Waals surface area contributed by atoms with Crippen molar-refractivity contribution in [1.82, 2.24) is 10.0 Å². The van der Waals surface area contributed by atoms with Gasteiger partial charge in [0.05, 0.1) is 11.4 Å². The summed E-state index contributed by atoms with van der Waals surface area (Å²) in [6, 6.07) is 6.88. The smallest absolute Gasteiger partial charge is 0.240 e. The molecule has 0 amide bonds. The van der Waals surface area contributed by atoms with Gasteiger partial charge in [0.15, 0.2) is 5.96 Å². The molecule has 0 radical (unpaired) electrons. The number of benzene rings is 1. The van der Waals surface area contributed by atoms with Crippen LogP contribution in [0.15, 0.2) is 34.2 Å². The quantitative estimate of drug-likeness (QED) is 0.276. The predicted octanol–water partition coefficient (Wildman–Crippen LogP) is 1.20. The van der Waals surface area contributed by atoms with E-state index in [-0.39, 0.29) is 48.0 Å². The van der Waals surface area contributed by atoms with Crippen LogP contribution in [0.1, 0.15) is 19.4 Å². The highest BCUT2D eigenvalue weighted by molar-refractivity contribution is 14.0. The van der Waals surface area contributed by atoms with Gasteiger partial charge in [-0.2, -0.15) is 0 Å². The van der Waals surface area contributed by atoms with E-state index in [9.17, 15) is 8.42 Å². The summed E-state index contributed by atoms with van der Waals surface area (Å²) in [7, 11) is -3.48. The SMILES string of the molecule is Cc1ccc(S(=O)(=O)NCCN=C(N)NC(C)C)cc1.I. The van der Waals surface area contributed by atoms with Crippen LogP contribution in [0.3, 0.4) is 0 Å². The van der Waals surface area contributed by atoms with Gasteiger partial charge in [-0.05, 0) is 32.9 Å². The third-order valence-corrected chi connectivity index (χ3v) is 3.93. The third kappa shape index (κ3) is 7.63. The van der Waals surface area contributed by atoms with Crippen LogP contribution < -0.4 is 15.8 Å². The number of guanidine groups is 1. The van der Waals surface area contributed by atoms with Crippen molar-refractivity contribution in [3.05, 3.63) is 29.8 Å². The number of rotatable bonds is 6. The van der Waals surface area contributed by atoms with Gasteiger partial charge in [-0.25, -0.2) is 13.1 Å². The molecule has 4 N–H and O–H groups in total. The van der Waals surface area contributed by atoms with Crippen molar-refractivity contribution in [2.45, 2.75) is 31.7 Å². The third-order valence-electron chi connectivity index (χ3n) is 2.45. The minimum atomic E-state index is -3.48. The normalized spacial score (nSPS) is 12.1. The molecule has 6 nitrogen and oxygen atoms in total. The first-order valence-corrected chi connectivity index (χ1v) is 7.92. The van der Waals surface area contributed by atoms with E-state index in [2.05, 4.69) is 15.0 Å². The second-order valence-electron chi connectivity index (χ2n) is 4.78. The summed E-state index contributed by atoms with van der Waals surface area (Å²) in [4.78, 5) is 4.28. The van der Waals surface area contributed by atoms with Crippen LogP contribution in [0.25, 0.3) is 0 Å². The lowest BCUT2D eigenvalue weighted by Gasteiger charge is -2.09. The van der Waals surface area contributed by atoms with Gasteiger partial charge >= 0.3 is 0 Å². The summed E-state index contributed by atoms with van der Waals surface area (Å²) in [5.41, 5.74) is 6.63. The zero-order valence-corrected chi connectivity index (χ0v) is 15.6. The van der Waals surface area contributed by atoms with Crippen molar-refractivity contribution >= 4 is 40.0 Å². The molecule has 0 atom stereocenters. The van der Waals surface area contributed by atoms with Crippen LogP contribution >= 0.6 is 24.0 Å². The molecule has 120 valence electrons. The van der Waals surface area contributed by atoms with Crippen LogP contribution in [0.2, 0.25) is 0 Å². The summed E-state index contributed by atoms with van der Waals surface area (Å²) in [5, 5.41) is 2.93. The minimum absolute atomic E-state index is 0. The highest BCUT2D eigenvalue weighted by Crippen LogP contribution is 2.09. The number of hydrogen-bond acceptors (Lipinski definition) is 3. The van der Waals surface area contributed by atoms with Gasteiger partial charge in [0.25, 0.3) is 0 Å². The van der Waals surface area contributed by atoms with Crippen molar-refractivity contribution in [1.29, 1.82) is 0 Å². The highest BCUT2D eigenvalue weighted by atomic mass is 127. The molecule has 0 saturated heterocycles. The molecule has 1 rings (SSSR count). The van der Waals surface area contributed by atoms with E-state index in [1.807, 2.05) is 20.8 Å². The Labute approximate surface area is 143 Å². The molecule has 1 aromatic carbocycles. The Morgan fingerprint density at radius 2 is 1.86 bits per heavy atom. The van der Waals surface area contributed by atoms with Gasteiger partial charge in [0.2, 0.25) is 10.0 Å². The van der Waals surface area contributed by atoms with Crippen LogP contribution in [0.5, 0.6) is 0 Å². The molecule has 21 heavy (non-hydrogen) atoms. The van der Waals surface area contributed by atoms with E-state index in [1.54, 1.807) is 24.3 Å². The Balaban J connectivity index is 0.00000400. The Kier molecular flexibility index (Phi) is 8.83. The zero-order chi connectivity index (χ0) is 15.2. The Morgan fingerprint density at radius 3 is 2.38 bits per heavy atom. The first kappa shape index (κ1) is 20.1. The summed E-state index contributed by atoms with van der Waals surface area (Å²) in [6.07, 6.45) is 0. The predicted molar refractivity (Wildman–Crippen MR) is 96.5 cm³/mol. The number of aliphatic imine (C=N–C) groups is 1. The Bertz CT molecular complexity index is 556. The maximum absolute atomic E-state index is 12.0. The first-order chi connectivity index (χ1) is 9.31. The fourth-order valence-electron chi connectivity index (χ4n) is 1.50. The molecule has 1 aromatic rings. The van der Waals surface area contributed by atoms with E-state index in [0.29, 0.717) is 5.96 Å². The molecule has 0 saturated carbocycles.